The Bertz CT molecular complexity index is 1110. The van der Waals surface area contributed by atoms with Crippen LogP contribution in [0.1, 0.15) is 25.0 Å². The first-order valence-corrected chi connectivity index (χ1v) is 8.59. The molecule has 26 heavy (non-hydrogen) atoms. The molecule has 0 amide bonds. The first-order valence-electron chi connectivity index (χ1n) is 8.59. The van der Waals surface area contributed by atoms with Gasteiger partial charge in [0.1, 0.15) is 11.5 Å². The third kappa shape index (κ3) is 2.13. The molecule has 132 valence electrons. The summed E-state index contributed by atoms with van der Waals surface area (Å²) in [7, 11) is 0. The highest BCUT2D eigenvalue weighted by Crippen LogP contribution is 2.61. The van der Waals surface area contributed by atoms with Crippen molar-refractivity contribution in [1.82, 2.24) is 14.3 Å². The lowest BCUT2D eigenvalue weighted by atomic mass is 9.49. The minimum Gasteiger partial charge on any atom is -0.356 e. The van der Waals surface area contributed by atoms with Gasteiger partial charge in [-0.1, -0.05) is 17.3 Å². The van der Waals surface area contributed by atoms with Crippen LogP contribution in [0.4, 0.5) is 4.39 Å². The van der Waals surface area contributed by atoms with E-state index < -0.39 is 16.9 Å². The minimum absolute atomic E-state index is 0.0997. The number of hydrogen-bond donors (Lipinski definition) is 0. The molecule has 3 saturated carbocycles. The van der Waals surface area contributed by atoms with E-state index in [1.165, 1.54) is 10.6 Å². The van der Waals surface area contributed by atoms with Crippen molar-refractivity contribution < 1.29 is 8.91 Å². The van der Waals surface area contributed by atoms with E-state index in [4.69, 9.17) is 4.52 Å². The molecule has 0 unspecified atom stereocenters. The Morgan fingerprint density at radius 3 is 2.62 bits per heavy atom. The van der Waals surface area contributed by atoms with E-state index in [1.54, 1.807) is 41.2 Å². The van der Waals surface area contributed by atoms with E-state index in [9.17, 15) is 14.0 Å². The van der Waals surface area contributed by atoms with Gasteiger partial charge in [0.2, 0.25) is 0 Å². The standard InChI is InChI=1S/C19H16FN3O3/c20-15-4-2-1-3-14(15)16-7-13(21-26-16)11-22-5-6-23(18(25)17(22)24)19-8-12(9-19)10-19/h1-7,12H,8-11H2. The topological polar surface area (TPSA) is 70.0 Å². The van der Waals surface area contributed by atoms with Crippen LogP contribution in [-0.2, 0) is 12.1 Å². The molecule has 0 saturated heterocycles. The number of rotatable bonds is 4. The molecule has 3 aromatic rings. The third-order valence-corrected chi connectivity index (χ3v) is 5.61. The van der Waals surface area contributed by atoms with E-state index in [2.05, 4.69) is 5.16 Å². The van der Waals surface area contributed by atoms with Crippen molar-refractivity contribution in [2.75, 3.05) is 0 Å². The summed E-state index contributed by atoms with van der Waals surface area (Å²) in [5, 5.41) is 3.90. The smallest absolute Gasteiger partial charge is 0.316 e. The van der Waals surface area contributed by atoms with Crippen LogP contribution in [0, 0.1) is 11.7 Å². The van der Waals surface area contributed by atoms with E-state index >= 15 is 0 Å². The second kappa shape index (κ2) is 5.27. The summed E-state index contributed by atoms with van der Waals surface area (Å²) in [5.41, 5.74) is -0.437. The lowest BCUT2D eigenvalue weighted by molar-refractivity contribution is -0.0919. The van der Waals surface area contributed by atoms with E-state index in [0.29, 0.717) is 11.3 Å². The quantitative estimate of drug-likeness (QED) is 0.675. The number of benzene rings is 1. The van der Waals surface area contributed by atoms with Crippen LogP contribution in [0.15, 0.2) is 56.8 Å². The van der Waals surface area contributed by atoms with E-state index in [0.717, 1.165) is 25.2 Å². The van der Waals surface area contributed by atoms with Gasteiger partial charge in [-0.15, -0.1) is 0 Å². The summed E-state index contributed by atoms with van der Waals surface area (Å²) in [6.45, 7) is 0.0997. The zero-order valence-corrected chi connectivity index (χ0v) is 13.9. The van der Waals surface area contributed by atoms with Gasteiger partial charge in [-0.2, -0.15) is 0 Å². The van der Waals surface area contributed by atoms with Crippen molar-refractivity contribution in [3.05, 3.63) is 74.9 Å². The van der Waals surface area contributed by atoms with Gasteiger partial charge in [-0.05, 0) is 37.3 Å². The number of hydrogen-bond acceptors (Lipinski definition) is 4. The molecule has 3 aliphatic rings. The maximum Gasteiger partial charge on any atom is 0.316 e. The van der Waals surface area contributed by atoms with Gasteiger partial charge in [0.05, 0.1) is 12.1 Å². The molecule has 6 nitrogen and oxygen atoms in total. The lowest BCUT2D eigenvalue weighted by Crippen LogP contribution is -2.64. The molecule has 0 atom stereocenters. The second-order valence-electron chi connectivity index (χ2n) is 7.27. The Labute approximate surface area is 147 Å². The molecule has 2 heterocycles. The highest BCUT2D eigenvalue weighted by Gasteiger charge is 2.58. The predicted octanol–water partition coefficient (Wildman–Crippen LogP) is 2.36. The normalized spacial score (nSPS) is 23.3. The van der Waals surface area contributed by atoms with Crippen molar-refractivity contribution in [3.63, 3.8) is 0 Å². The van der Waals surface area contributed by atoms with Crippen molar-refractivity contribution in [2.45, 2.75) is 31.3 Å². The molecule has 0 spiro atoms. The Hall–Kier alpha value is -2.96. The Morgan fingerprint density at radius 1 is 1.15 bits per heavy atom. The maximum atomic E-state index is 13.8. The molecule has 7 heteroatoms. The third-order valence-electron chi connectivity index (χ3n) is 5.61. The number of nitrogens with zero attached hydrogens (tertiary/aromatic N) is 3. The molecule has 1 aromatic carbocycles. The van der Waals surface area contributed by atoms with Crippen molar-refractivity contribution in [1.29, 1.82) is 0 Å². The van der Waals surface area contributed by atoms with E-state index in [1.807, 2.05) is 0 Å². The van der Waals surface area contributed by atoms with Crippen molar-refractivity contribution >= 4 is 0 Å². The van der Waals surface area contributed by atoms with Crippen LogP contribution in [0.3, 0.4) is 0 Å². The van der Waals surface area contributed by atoms with Crippen molar-refractivity contribution in [2.24, 2.45) is 5.92 Å². The zero-order chi connectivity index (χ0) is 17.9. The van der Waals surface area contributed by atoms with Gasteiger partial charge in [0, 0.05) is 24.0 Å². The molecule has 6 rings (SSSR count). The molecule has 2 aromatic heterocycles. The van der Waals surface area contributed by atoms with Crippen LogP contribution in [0.5, 0.6) is 0 Å². The SMILES string of the molecule is O=c1c(=O)n(C23CC(C2)C3)ccn1Cc1cc(-c2ccccc2F)on1. The van der Waals surface area contributed by atoms with Crippen molar-refractivity contribution in [3.8, 4) is 11.3 Å². The Kier molecular flexibility index (Phi) is 3.10. The fourth-order valence-corrected chi connectivity index (χ4v) is 4.08. The number of halogens is 1. The van der Waals surface area contributed by atoms with Crippen LogP contribution >= 0.6 is 0 Å². The van der Waals surface area contributed by atoms with Crippen LogP contribution < -0.4 is 11.1 Å². The zero-order valence-electron chi connectivity index (χ0n) is 13.9. The molecule has 0 radical (unpaired) electrons. The van der Waals surface area contributed by atoms with Gasteiger partial charge >= 0.3 is 11.1 Å². The Morgan fingerprint density at radius 2 is 1.92 bits per heavy atom. The molecular formula is C19H16FN3O3. The lowest BCUT2D eigenvalue weighted by Gasteiger charge is -2.62. The first kappa shape index (κ1) is 15.3. The molecule has 3 aliphatic carbocycles. The predicted molar refractivity (Wildman–Crippen MR) is 91.3 cm³/mol. The van der Waals surface area contributed by atoms with Gasteiger partial charge in [0.15, 0.2) is 5.76 Å². The average molecular weight is 353 g/mol. The van der Waals surface area contributed by atoms with Gasteiger partial charge < -0.3 is 13.7 Å². The summed E-state index contributed by atoms with van der Waals surface area (Å²) < 4.78 is 21.9. The fraction of sp³-hybridized carbons (Fsp3) is 0.316. The summed E-state index contributed by atoms with van der Waals surface area (Å²) in [5.74, 6) is 0.596. The molecule has 3 fully saturated rings. The van der Waals surface area contributed by atoms with Gasteiger partial charge in [-0.3, -0.25) is 9.59 Å². The largest absolute Gasteiger partial charge is 0.356 e. The molecule has 2 bridgehead atoms. The molecular weight excluding hydrogens is 337 g/mol. The summed E-state index contributed by atoms with van der Waals surface area (Å²) >= 11 is 0. The van der Waals surface area contributed by atoms with Crippen LogP contribution in [-0.4, -0.2) is 14.3 Å². The monoisotopic (exact) mass is 353 g/mol. The van der Waals surface area contributed by atoms with Crippen LogP contribution in [0.25, 0.3) is 11.3 Å². The van der Waals surface area contributed by atoms with Crippen LogP contribution in [0.2, 0.25) is 0 Å². The summed E-state index contributed by atoms with van der Waals surface area (Å²) in [4.78, 5) is 24.9. The van der Waals surface area contributed by atoms with Gasteiger partial charge in [-0.25, -0.2) is 4.39 Å². The minimum atomic E-state index is -0.576. The summed E-state index contributed by atoms with van der Waals surface area (Å²) in [6.07, 6.45) is 6.28. The molecule has 0 aliphatic heterocycles. The van der Waals surface area contributed by atoms with E-state index in [-0.39, 0.29) is 17.8 Å². The second-order valence-corrected chi connectivity index (χ2v) is 7.27. The summed E-state index contributed by atoms with van der Waals surface area (Å²) in [6, 6.07) is 7.81. The Balaban J connectivity index is 1.44. The van der Waals surface area contributed by atoms with Gasteiger partial charge in [0.25, 0.3) is 0 Å². The number of aromatic nitrogens is 3. The highest BCUT2D eigenvalue weighted by atomic mass is 19.1. The fourth-order valence-electron chi connectivity index (χ4n) is 4.08. The maximum absolute atomic E-state index is 13.8. The average Bonchev–Trinajstić information content (AvgIpc) is 3.00. The molecule has 0 N–H and O–H groups in total. The first-order chi connectivity index (χ1) is 12.6. The highest BCUT2D eigenvalue weighted by molar-refractivity contribution is 5.57.